The van der Waals surface area contributed by atoms with Crippen molar-refractivity contribution in [2.75, 3.05) is 26.2 Å². The Kier molecular flexibility index (Phi) is 5.74. The second kappa shape index (κ2) is 7.26. The average molecular weight is 358 g/mol. The number of hydrogen-bond acceptors (Lipinski definition) is 2. The first-order valence-corrected chi connectivity index (χ1v) is 7.47. The molecule has 1 aliphatic rings. The SMILES string of the molecule is Fc1c([C@@H](CCC(F)(F)F)N2CCNCC2)cccc1C(F)(F)F. The Morgan fingerprint density at radius 3 is 2.21 bits per heavy atom. The lowest BCUT2D eigenvalue weighted by atomic mass is 9.96. The molecular weight excluding hydrogens is 341 g/mol. The van der Waals surface area contributed by atoms with Gasteiger partial charge in [0, 0.05) is 44.2 Å². The van der Waals surface area contributed by atoms with Gasteiger partial charge in [-0.2, -0.15) is 26.3 Å². The highest BCUT2D eigenvalue weighted by Crippen LogP contribution is 2.38. The van der Waals surface area contributed by atoms with Crippen LogP contribution < -0.4 is 5.32 Å². The normalized spacial score (nSPS) is 18.6. The lowest BCUT2D eigenvalue weighted by Crippen LogP contribution is -2.45. The number of halogens is 7. The van der Waals surface area contributed by atoms with Crippen LogP contribution in [0.5, 0.6) is 0 Å². The van der Waals surface area contributed by atoms with Gasteiger partial charge in [-0.25, -0.2) is 4.39 Å². The molecule has 0 aliphatic carbocycles. The molecule has 0 radical (unpaired) electrons. The summed E-state index contributed by atoms with van der Waals surface area (Å²) in [5, 5.41) is 3.01. The Bertz CT molecular complexity index is 548. The molecule has 2 rings (SSSR count). The summed E-state index contributed by atoms with van der Waals surface area (Å²) in [5.41, 5.74) is -1.79. The molecule has 0 aromatic heterocycles. The van der Waals surface area contributed by atoms with Crippen LogP contribution in [-0.2, 0) is 6.18 Å². The molecule has 1 N–H and O–H groups in total. The molecule has 0 saturated carbocycles. The Morgan fingerprint density at radius 2 is 1.67 bits per heavy atom. The van der Waals surface area contributed by atoms with Crippen LogP contribution in [0.4, 0.5) is 30.7 Å². The number of hydrogen-bond donors (Lipinski definition) is 1. The van der Waals surface area contributed by atoms with E-state index < -0.39 is 42.6 Å². The van der Waals surface area contributed by atoms with E-state index in [1.54, 1.807) is 4.90 Å². The minimum atomic E-state index is -4.89. The van der Waals surface area contributed by atoms with Crippen LogP contribution in [-0.4, -0.2) is 37.3 Å². The number of nitrogens with one attached hydrogen (secondary N) is 1. The van der Waals surface area contributed by atoms with E-state index >= 15 is 0 Å². The van der Waals surface area contributed by atoms with Crippen LogP contribution in [0, 0.1) is 5.82 Å². The molecule has 136 valence electrons. The topological polar surface area (TPSA) is 15.3 Å². The van der Waals surface area contributed by atoms with E-state index in [9.17, 15) is 30.7 Å². The van der Waals surface area contributed by atoms with Crippen molar-refractivity contribution in [2.45, 2.75) is 31.2 Å². The van der Waals surface area contributed by atoms with Crippen molar-refractivity contribution in [1.82, 2.24) is 10.2 Å². The summed E-state index contributed by atoms with van der Waals surface area (Å²) in [4.78, 5) is 1.60. The molecule has 24 heavy (non-hydrogen) atoms. The number of rotatable bonds is 4. The first-order valence-electron chi connectivity index (χ1n) is 7.47. The molecule has 2 nitrogen and oxygen atoms in total. The Morgan fingerprint density at radius 1 is 1.04 bits per heavy atom. The first-order chi connectivity index (χ1) is 11.1. The maximum Gasteiger partial charge on any atom is 0.419 e. The summed E-state index contributed by atoms with van der Waals surface area (Å²) >= 11 is 0. The fourth-order valence-electron chi connectivity index (χ4n) is 2.86. The van der Waals surface area contributed by atoms with E-state index in [-0.39, 0.29) is 5.56 Å². The highest BCUT2D eigenvalue weighted by atomic mass is 19.4. The Hall–Kier alpha value is -1.35. The van der Waals surface area contributed by atoms with Gasteiger partial charge in [0.2, 0.25) is 0 Å². The third-order valence-corrected chi connectivity index (χ3v) is 3.99. The van der Waals surface area contributed by atoms with Crippen molar-refractivity contribution in [2.24, 2.45) is 0 Å². The van der Waals surface area contributed by atoms with Crippen LogP contribution in [0.2, 0.25) is 0 Å². The monoisotopic (exact) mass is 358 g/mol. The van der Waals surface area contributed by atoms with Crippen molar-refractivity contribution in [3.8, 4) is 0 Å². The minimum absolute atomic E-state index is 0.337. The van der Waals surface area contributed by atoms with Crippen molar-refractivity contribution in [3.63, 3.8) is 0 Å². The van der Waals surface area contributed by atoms with Crippen molar-refractivity contribution >= 4 is 0 Å². The zero-order valence-electron chi connectivity index (χ0n) is 12.6. The number of piperazine rings is 1. The summed E-state index contributed by atoms with van der Waals surface area (Å²) in [6.45, 7) is 1.67. The van der Waals surface area contributed by atoms with Gasteiger partial charge in [0.25, 0.3) is 0 Å². The van der Waals surface area contributed by atoms with Crippen molar-refractivity contribution in [1.29, 1.82) is 0 Å². The van der Waals surface area contributed by atoms with Crippen molar-refractivity contribution in [3.05, 3.63) is 35.1 Å². The third-order valence-electron chi connectivity index (χ3n) is 3.99. The van der Waals surface area contributed by atoms with E-state index in [0.29, 0.717) is 32.2 Å². The molecule has 1 aliphatic heterocycles. The van der Waals surface area contributed by atoms with Gasteiger partial charge in [0.05, 0.1) is 5.56 Å². The molecule has 1 aromatic rings. The predicted octanol–water partition coefficient (Wildman–Crippen LogP) is 4.13. The zero-order chi connectivity index (χ0) is 18.0. The van der Waals surface area contributed by atoms with E-state index in [4.69, 9.17) is 0 Å². The van der Waals surface area contributed by atoms with Crippen molar-refractivity contribution < 1.29 is 30.7 Å². The minimum Gasteiger partial charge on any atom is -0.314 e. The molecule has 0 bridgehead atoms. The quantitative estimate of drug-likeness (QED) is 0.814. The van der Waals surface area contributed by atoms with Gasteiger partial charge >= 0.3 is 12.4 Å². The smallest absolute Gasteiger partial charge is 0.314 e. The summed E-state index contributed by atoms with van der Waals surface area (Å²) < 4.78 is 90.6. The Labute approximate surface area is 134 Å². The summed E-state index contributed by atoms with van der Waals surface area (Å²) in [7, 11) is 0. The van der Waals surface area contributed by atoms with E-state index in [0.717, 1.165) is 12.1 Å². The van der Waals surface area contributed by atoms with Crippen LogP contribution in [0.1, 0.15) is 30.0 Å². The highest BCUT2D eigenvalue weighted by molar-refractivity contribution is 5.30. The standard InChI is InChI=1S/C15H17F7N2/c16-13-10(2-1-3-11(13)15(20,21)22)12(4-5-14(17,18)19)24-8-6-23-7-9-24/h1-3,12,23H,4-9H2/t12-/m1/s1. The van der Waals surface area contributed by atoms with Gasteiger partial charge in [0.1, 0.15) is 5.82 Å². The van der Waals surface area contributed by atoms with E-state index in [1.807, 2.05) is 0 Å². The van der Waals surface area contributed by atoms with Gasteiger partial charge < -0.3 is 5.32 Å². The van der Waals surface area contributed by atoms with Gasteiger partial charge in [-0.05, 0) is 12.5 Å². The number of nitrogens with zero attached hydrogens (tertiary/aromatic N) is 1. The number of benzene rings is 1. The summed E-state index contributed by atoms with van der Waals surface area (Å²) in [5.74, 6) is -1.49. The van der Waals surface area contributed by atoms with Crippen LogP contribution in [0.3, 0.4) is 0 Å². The largest absolute Gasteiger partial charge is 0.419 e. The fourth-order valence-corrected chi connectivity index (χ4v) is 2.86. The first kappa shape index (κ1) is 19.0. The Balaban J connectivity index is 2.35. The van der Waals surface area contributed by atoms with Gasteiger partial charge in [-0.15, -0.1) is 0 Å². The highest BCUT2D eigenvalue weighted by Gasteiger charge is 2.38. The average Bonchev–Trinajstić information content (AvgIpc) is 2.48. The lowest BCUT2D eigenvalue weighted by molar-refractivity contribution is -0.141. The van der Waals surface area contributed by atoms with Crippen LogP contribution >= 0.6 is 0 Å². The van der Waals surface area contributed by atoms with Gasteiger partial charge in [0.15, 0.2) is 0 Å². The molecule has 0 amide bonds. The maximum atomic E-state index is 14.3. The molecule has 1 aromatic carbocycles. The third kappa shape index (κ3) is 4.83. The zero-order valence-corrected chi connectivity index (χ0v) is 12.6. The van der Waals surface area contributed by atoms with Crippen LogP contribution in [0.25, 0.3) is 0 Å². The van der Waals surface area contributed by atoms with E-state index in [2.05, 4.69) is 5.32 Å². The molecule has 9 heteroatoms. The summed E-state index contributed by atoms with van der Waals surface area (Å²) in [6, 6.07) is 1.71. The molecular formula is C15H17F7N2. The number of alkyl halides is 6. The maximum absolute atomic E-state index is 14.3. The lowest BCUT2D eigenvalue weighted by Gasteiger charge is -2.36. The second-order valence-electron chi connectivity index (χ2n) is 5.66. The molecule has 1 atom stereocenters. The van der Waals surface area contributed by atoms with Gasteiger partial charge in [-0.1, -0.05) is 12.1 Å². The van der Waals surface area contributed by atoms with E-state index in [1.165, 1.54) is 0 Å². The second-order valence-corrected chi connectivity index (χ2v) is 5.66. The molecule has 1 heterocycles. The van der Waals surface area contributed by atoms with Gasteiger partial charge in [-0.3, -0.25) is 4.90 Å². The summed E-state index contributed by atoms with van der Waals surface area (Å²) in [6.07, 6.45) is -11.0. The fraction of sp³-hybridized carbons (Fsp3) is 0.600. The molecule has 0 spiro atoms. The van der Waals surface area contributed by atoms with Crippen LogP contribution in [0.15, 0.2) is 18.2 Å². The molecule has 0 unspecified atom stereocenters. The molecule has 1 saturated heterocycles. The predicted molar refractivity (Wildman–Crippen MR) is 73.9 cm³/mol. The molecule has 1 fully saturated rings.